The van der Waals surface area contributed by atoms with Crippen LogP contribution in [0.5, 0.6) is 0 Å². The van der Waals surface area contributed by atoms with Gasteiger partial charge in [0, 0.05) is 59.6 Å². The number of benzene rings is 2. The standard InChI is InChI=1S/C27H27N7O3/c28-25(32-37)20-8-7-19-13-23(27(36)31-24-15-21(9-10-30-24)33-11-1-2-12-33)34(22(19)14-20)16-17-3-5-18(6-4-17)26(29)35/h3-10,13-15,37H,1-2,11-12,16H2,(H2,28,32)(H2,29,35)(H,30,31,36). The van der Waals surface area contributed by atoms with Crippen LogP contribution in [0.4, 0.5) is 11.5 Å². The number of amidine groups is 1. The van der Waals surface area contributed by atoms with E-state index in [1.165, 1.54) is 0 Å². The van der Waals surface area contributed by atoms with E-state index < -0.39 is 5.91 Å². The Kier molecular flexibility index (Phi) is 6.46. The molecule has 5 rings (SSSR count). The number of anilines is 2. The van der Waals surface area contributed by atoms with Gasteiger partial charge in [-0.2, -0.15) is 0 Å². The molecule has 2 amide bonds. The fraction of sp³-hybridized carbons (Fsp3) is 0.185. The van der Waals surface area contributed by atoms with Crippen LogP contribution in [0.2, 0.25) is 0 Å². The van der Waals surface area contributed by atoms with Gasteiger partial charge in [-0.25, -0.2) is 4.98 Å². The maximum Gasteiger partial charge on any atom is 0.273 e. The Morgan fingerprint density at radius 3 is 2.41 bits per heavy atom. The molecule has 6 N–H and O–H groups in total. The zero-order valence-electron chi connectivity index (χ0n) is 20.1. The third-order valence-corrected chi connectivity index (χ3v) is 6.58. The normalized spacial score (nSPS) is 13.7. The molecule has 4 aromatic rings. The minimum Gasteiger partial charge on any atom is -0.409 e. The molecule has 0 radical (unpaired) electrons. The first-order chi connectivity index (χ1) is 17.9. The smallest absolute Gasteiger partial charge is 0.273 e. The van der Waals surface area contributed by atoms with Crippen molar-refractivity contribution in [3.05, 3.63) is 89.2 Å². The van der Waals surface area contributed by atoms with Gasteiger partial charge in [0.2, 0.25) is 5.91 Å². The van der Waals surface area contributed by atoms with E-state index in [1.54, 1.807) is 48.7 Å². The van der Waals surface area contributed by atoms with Crippen LogP contribution in [-0.2, 0) is 6.54 Å². The molecule has 0 unspecified atom stereocenters. The molecule has 2 aromatic heterocycles. The van der Waals surface area contributed by atoms with Gasteiger partial charge in [-0.3, -0.25) is 9.59 Å². The number of primary amides is 1. The minimum absolute atomic E-state index is 0.0330. The summed E-state index contributed by atoms with van der Waals surface area (Å²) in [5.41, 5.74) is 15.1. The number of amides is 2. The zero-order chi connectivity index (χ0) is 25.9. The molecular formula is C27H27N7O3. The van der Waals surface area contributed by atoms with Gasteiger partial charge in [-0.1, -0.05) is 29.4 Å². The van der Waals surface area contributed by atoms with Gasteiger partial charge in [0.1, 0.15) is 11.5 Å². The van der Waals surface area contributed by atoms with Crippen molar-refractivity contribution in [1.29, 1.82) is 0 Å². The lowest BCUT2D eigenvalue weighted by molar-refractivity contribution is 0.0996. The Morgan fingerprint density at radius 2 is 1.70 bits per heavy atom. The van der Waals surface area contributed by atoms with Crippen LogP contribution in [-0.4, -0.2) is 45.5 Å². The molecule has 1 fully saturated rings. The minimum atomic E-state index is -0.509. The molecule has 1 aliphatic rings. The van der Waals surface area contributed by atoms with Crippen molar-refractivity contribution in [1.82, 2.24) is 9.55 Å². The molecule has 1 aliphatic heterocycles. The molecule has 188 valence electrons. The lowest BCUT2D eigenvalue weighted by Gasteiger charge is -2.18. The Hall–Kier alpha value is -4.86. The zero-order valence-corrected chi connectivity index (χ0v) is 20.1. The number of hydrogen-bond donors (Lipinski definition) is 4. The van der Waals surface area contributed by atoms with E-state index in [4.69, 9.17) is 16.7 Å². The second kappa shape index (κ2) is 10.0. The predicted molar refractivity (Wildman–Crippen MR) is 142 cm³/mol. The van der Waals surface area contributed by atoms with Gasteiger partial charge >= 0.3 is 0 Å². The number of nitrogens with one attached hydrogen (secondary N) is 1. The van der Waals surface area contributed by atoms with Crippen molar-refractivity contribution in [3.63, 3.8) is 0 Å². The van der Waals surface area contributed by atoms with E-state index in [2.05, 4.69) is 20.4 Å². The quantitative estimate of drug-likeness (QED) is 0.133. The number of aromatic nitrogens is 2. The van der Waals surface area contributed by atoms with Crippen molar-refractivity contribution in [2.45, 2.75) is 19.4 Å². The topological polar surface area (TPSA) is 152 Å². The molecule has 0 aliphatic carbocycles. The van der Waals surface area contributed by atoms with Crippen LogP contribution in [0, 0.1) is 0 Å². The SMILES string of the molecule is NC(=O)c1ccc(Cn2c(C(=O)Nc3cc(N4CCCC4)ccn3)cc3ccc(/C(N)=N/O)cc32)cc1. The number of pyridine rings is 1. The molecule has 37 heavy (non-hydrogen) atoms. The first kappa shape index (κ1) is 23.9. The number of hydrogen-bond acceptors (Lipinski definition) is 6. The summed E-state index contributed by atoms with van der Waals surface area (Å²) in [4.78, 5) is 31.6. The molecule has 0 atom stereocenters. The van der Waals surface area contributed by atoms with Crippen LogP contribution in [0.3, 0.4) is 0 Å². The second-order valence-electron chi connectivity index (χ2n) is 8.98. The predicted octanol–water partition coefficient (Wildman–Crippen LogP) is 3.13. The lowest BCUT2D eigenvalue weighted by Crippen LogP contribution is -2.20. The summed E-state index contributed by atoms with van der Waals surface area (Å²) in [5.74, 6) is -0.393. The monoisotopic (exact) mass is 497 g/mol. The average Bonchev–Trinajstić information content (AvgIpc) is 3.57. The fourth-order valence-electron chi connectivity index (χ4n) is 4.63. The van der Waals surface area contributed by atoms with Crippen LogP contribution in [0.1, 0.15) is 44.8 Å². The van der Waals surface area contributed by atoms with Gasteiger partial charge < -0.3 is 31.5 Å². The van der Waals surface area contributed by atoms with Gasteiger partial charge in [0.25, 0.3) is 5.91 Å². The lowest BCUT2D eigenvalue weighted by atomic mass is 10.1. The van der Waals surface area contributed by atoms with E-state index in [0.717, 1.165) is 48.1 Å². The Labute approximate surface area is 213 Å². The first-order valence-electron chi connectivity index (χ1n) is 12.0. The number of nitrogens with two attached hydrogens (primary N) is 2. The van der Waals surface area contributed by atoms with Crippen molar-refractivity contribution < 1.29 is 14.8 Å². The molecule has 10 heteroatoms. The van der Waals surface area contributed by atoms with Gasteiger partial charge in [-0.15, -0.1) is 0 Å². The van der Waals surface area contributed by atoms with E-state index >= 15 is 0 Å². The number of rotatable bonds is 7. The highest BCUT2D eigenvalue weighted by molar-refractivity contribution is 6.07. The van der Waals surface area contributed by atoms with Crippen molar-refractivity contribution in [2.75, 3.05) is 23.3 Å². The largest absolute Gasteiger partial charge is 0.409 e. The van der Waals surface area contributed by atoms with Crippen LogP contribution in [0.15, 0.2) is 72.0 Å². The summed E-state index contributed by atoms with van der Waals surface area (Å²) >= 11 is 0. The van der Waals surface area contributed by atoms with Crippen molar-refractivity contribution >= 4 is 40.1 Å². The molecule has 0 saturated carbocycles. The van der Waals surface area contributed by atoms with Gasteiger partial charge in [-0.05, 0) is 48.7 Å². The molecule has 0 bridgehead atoms. The van der Waals surface area contributed by atoms with Gasteiger partial charge in [0.15, 0.2) is 5.84 Å². The summed E-state index contributed by atoms with van der Waals surface area (Å²) in [6.07, 6.45) is 4.00. The summed E-state index contributed by atoms with van der Waals surface area (Å²) < 4.78 is 1.85. The average molecular weight is 498 g/mol. The Bertz CT molecular complexity index is 1500. The summed E-state index contributed by atoms with van der Waals surface area (Å²) in [6.45, 7) is 2.32. The maximum atomic E-state index is 13.5. The Morgan fingerprint density at radius 1 is 0.973 bits per heavy atom. The molecule has 2 aromatic carbocycles. The highest BCUT2D eigenvalue weighted by Crippen LogP contribution is 2.26. The van der Waals surface area contributed by atoms with Crippen LogP contribution in [0.25, 0.3) is 10.9 Å². The third-order valence-electron chi connectivity index (χ3n) is 6.58. The van der Waals surface area contributed by atoms with E-state index in [9.17, 15) is 9.59 Å². The highest BCUT2D eigenvalue weighted by atomic mass is 16.4. The maximum absolute atomic E-state index is 13.5. The van der Waals surface area contributed by atoms with E-state index in [0.29, 0.717) is 29.2 Å². The molecule has 10 nitrogen and oxygen atoms in total. The third kappa shape index (κ3) is 4.94. The first-order valence-corrected chi connectivity index (χ1v) is 12.0. The number of carbonyl (C=O) groups excluding carboxylic acids is 2. The number of nitrogens with zero attached hydrogens (tertiary/aromatic N) is 4. The summed E-state index contributed by atoms with van der Waals surface area (Å²) in [7, 11) is 0. The summed E-state index contributed by atoms with van der Waals surface area (Å²) in [5, 5.41) is 16.0. The summed E-state index contributed by atoms with van der Waals surface area (Å²) in [6, 6.07) is 17.8. The Balaban J connectivity index is 1.51. The molecule has 1 saturated heterocycles. The van der Waals surface area contributed by atoms with E-state index in [1.807, 2.05) is 22.8 Å². The number of fused-ring (bicyclic) bond motifs is 1. The van der Waals surface area contributed by atoms with Crippen molar-refractivity contribution in [2.24, 2.45) is 16.6 Å². The van der Waals surface area contributed by atoms with Crippen molar-refractivity contribution in [3.8, 4) is 0 Å². The molecular weight excluding hydrogens is 470 g/mol. The van der Waals surface area contributed by atoms with E-state index in [-0.39, 0.29) is 11.7 Å². The highest BCUT2D eigenvalue weighted by Gasteiger charge is 2.19. The number of oxime groups is 1. The van der Waals surface area contributed by atoms with Gasteiger partial charge in [0.05, 0.1) is 0 Å². The van der Waals surface area contributed by atoms with Crippen LogP contribution < -0.4 is 21.7 Å². The molecule has 0 spiro atoms. The second-order valence-corrected chi connectivity index (χ2v) is 8.98. The number of carbonyl (C=O) groups is 2. The fourth-order valence-corrected chi connectivity index (χ4v) is 4.63. The molecule has 3 heterocycles. The van der Waals surface area contributed by atoms with Crippen LogP contribution >= 0.6 is 0 Å².